The van der Waals surface area contributed by atoms with E-state index in [-0.39, 0.29) is 5.78 Å². The summed E-state index contributed by atoms with van der Waals surface area (Å²) in [7, 11) is 3.32. The van der Waals surface area contributed by atoms with E-state index in [1.807, 2.05) is 54.6 Å². The summed E-state index contributed by atoms with van der Waals surface area (Å²) in [6, 6.07) is 15.4. The van der Waals surface area contributed by atoms with Crippen molar-refractivity contribution in [1.82, 2.24) is 0 Å². The number of ketones is 1. The van der Waals surface area contributed by atoms with Gasteiger partial charge in [0.2, 0.25) is 0 Å². The van der Waals surface area contributed by atoms with Gasteiger partial charge in [0, 0.05) is 19.8 Å². The fourth-order valence-electron chi connectivity index (χ4n) is 2.09. The van der Waals surface area contributed by atoms with E-state index in [2.05, 4.69) is 0 Å². The molecule has 2 aromatic rings. The molecule has 0 amide bonds. The maximum atomic E-state index is 12.1. The minimum absolute atomic E-state index is 0.00932. The van der Waals surface area contributed by atoms with Crippen LogP contribution in [0.3, 0.4) is 0 Å². The molecule has 0 heterocycles. The predicted octanol–water partition coefficient (Wildman–Crippen LogP) is 3.88. The quantitative estimate of drug-likeness (QED) is 0.574. The third-order valence-electron chi connectivity index (χ3n) is 3.27. The van der Waals surface area contributed by atoms with Gasteiger partial charge in [0.15, 0.2) is 5.78 Å². The average Bonchev–Trinajstić information content (AvgIpc) is 2.55. The maximum Gasteiger partial charge on any atom is 0.185 e. The van der Waals surface area contributed by atoms with Crippen molar-refractivity contribution >= 4 is 11.9 Å². The van der Waals surface area contributed by atoms with Crippen molar-refractivity contribution in [1.29, 1.82) is 0 Å². The van der Waals surface area contributed by atoms with Crippen LogP contribution in [0.25, 0.3) is 6.08 Å². The van der Waals surface area contributed by atoms with Crippen molar-refractivity contribution < 1.29 is 14.3 Å². The van der Waals surface area contributed by atoms with Gasteiger partial charge in [-0.25, -0.2) is 0 Å². The van der Waals surface area contributed by atoms with Crippen LogP contribution in [0.1, 0.15) is 27.0 Å². The summed E-state index contributed by atoms with van der Waals surface area (Å²) in [5.74, 6) is -0.00932. The molecule has 0 atom stereocenters. The van der Waals surface area contributed by atoms with E-state index in [1.165, 1.54) is 0 Å². The first-order chi connectivity index (χ1) is 10.7. The first-order valence-corrected chi connectivity index (χ1v) is 7.11. The van der Waals surface area contributed by atoms with Crippen LogP contribution >= 0.6 is 0 Å². The number of methoxy groups -OCH3 is 2. The van der Waals surface area contributed by atoms with Crippen LogP contribution in [0.4, 0.5) is 0 Å². The summed E-state index contributed by atoms with van der Waals surface area (Å²) in [4.78, 5) is 12.1. The van der Waals surface area contributed by atoms with Gasteiger partial charge in [0.25, 0.3) is 0 Å². The van der Waals surface area contributed by atoms with E-state index in [1.54, 1.807) is 20.3 Å². The van der Waals surface area contributed by atoms with Gasteiger partial charge >= 0.3 is 0 Å². The van der Waals surface area contributed by atoms with Gasteiger partial charge in [-0.3, -0.25) is 4.79 Å². The first kappa shape index (κ1) is 16.1. The van der Waals surface area contributed by atoms with Gasteiger partial charge < -0.3 is 9.47 Å². The molecule has 0 bridgehead atoms. The lowest BCUT2D eigenvalue weighted by atomic mass is 10.1. The molecule has 0 aromatic heterocycles. The van der Waals surface area contributed by atoms with E-state index in [4.69, 9.17) is 9.47 Å². The SMILES string of the molecule is COCc1ccc(/C=C/C(=O)c2ccc(COC)cc2)cc1. The third kappa shape index (κ3) is 4.65. The molecule has 2 rings (SSSR count). The van der Waals surface area contributed by atoms with Crippen LogP contribution < -0.4 is 0 Å². The van der Waals surface area contributed by atoms with E-state index in [0.717, 1.165) is 16.7 Å². The highest BCUT2D eigenvalue weighted by molar-refractivity contribution is 6.06. The van der Waals surface area contributed by atoms with Gasteiger partial charge in [0.05, 0.1) is 13.2 Å². The molecule has 0 saturated heterocycles. The second kappa shape index (κ2) is 8.27. The zero-order valence-electron chi connectivity index (χ0n) is 12.9. The Morgan fingerprint density at radius 1 is 0.864 bits per heavy atom. The Hall–Kier alpha value is -2.23. The van der Waals surface area contributed by atoms with E-state index < -0.39 is 0 Å². The number of carbonyl (C=O) groups is 1. The summed E-state index contributed by atoms with van der Waals surface area (Å²) >= 11 is 0. The second-order valence-corrected chi connectivity index (χ2v) is 5.00. The Kier molecular flexibility index (Phi) is 6.07. The molecule has 3 heteroatoms. The van der Waals surface area contributed by atoms with Gasteiger partial charge in [-0.15, -0.1) is 0 Å². The molecule has 0 aliphatic heterocycles. The van der Waals surface area contributed by atoms with E-state index in [0.29, 0.717) is 18.8 Å². The summed E-state index contributed by atoms with van der Waals surface area (Å²) in [5.41, 5.74) is 3.83. The molecule has 0 aliphatic carbocycles. The van der Waals surface area contributed by atoms with E-state index >= 15 is 0 Å². The van der Waals surface area contributed by atoms with E-state index in [9.17, 15) is 4.79 Å². The van der Waals surface area contributed by atoms with Crippen LogP contribution in [-0.2, 0) is 22.7 Å². The second-order valence-electron chi connectivity index (χ2n) is 5.00. The van der Waals surface area contributed by atoms with Crippen molar-refractivity contribution in [2.45, 2.75) is 13.2 Å². The molecule has 114 valence electrons. The van der Waals surface area contributed by atoms with Crippen molar-refractivity contribution in [2.24, 2.45) is 0 Å². The molecular weight excluding hydrogens is 276 g/mol. The van der Waals surface area contributed by atoms with Crippen molar-refractivity contribution in [2.75, 3.05) is 14.2 Å². The number of hydrogen-bond donors (Lipinski definition) is 0. The molecule has 0 aliphatic rings. The lowest BCUT2D eigenvalue weighted by Gasteiger charge is -2.01. The molecule has 0 spiro atoms. The summed E-state index contributed by atoms with van der Waals surface area (Å²) in [6.07, 6.45) is 3.42. The Morgan fingerprint density at radius 3 is 1.86 bits per heavy atom. The number of ether oxygens (including phenoxy) is 2. The van der Waals surface area contributed by atoms with Crippen molar-refractivity contribution in [3.63, 3.8) is 0 Å². The van der Waals surface area contributed by atoms with Gasteiger partial charge in [-0.2, -0.15) is 0 Å². The lowest BCUT2D eigenvalue weighted by Crippen LogP contribution is -1.95. The van der Waals surface area contributed by atoms with Crippen molar-refractivity contribution in [3.8, 4) is 0 Å². The molecular formula is C19H20O3. The Balaban J connectivity index is 2.00. The highest BCUT2D eigenvalue weighted by Gasteiger charge is 2.01. The summed E-state index contributed by atoms with van der Waals surface area (Å²) < 4.78 is 10.1. The largest absolute Gasteiger partial charge is 0.380 e. The molecule has 0 unspecified atom stereocenters. The standard InChI is InChI=1S/C19H20O3/c1-21-13-16-5-3-15(4-6-16)9-12-19(20)18-10-7-17(8-11-18)14-22-2/h3-12H,13-14H2,1-2H3/b12-9+. The number of carbonyl (C=O) groups excluding carboxylic acids is 1. The average molecular weight is 296 g/mol. The van der Waals surface area contributed by atoms with Crippen LogP contribution in [0.15, 0.2) is 54.6 Å². The van der Waals surface area contributed by atoms with Crippen LogP contribution in [0.5, 0.6) is 0 Å². The zero-order chi connectivity index (χ0) is 15.8. The molecule has 3 nitrogen and oxygen atoms in total. The molecule has 0 radical (unpaired) electrons. The fourth-order valence-corrected chi connectivity index (χ4v) is 2.09. The normalized spacial score (nSPS) is 11.0. The Bertz CT molecular complexity index is 625. The monoisotopic (exact) mass is 296 g/mol. The highest BCUT2D eigenvalue weighted by atomic mass is 16.5. The summed E-state index contributed by atoms with van der Waals surface area (Å²) in [6.45, 7) is 1.15. The van der Waals surface area contributed by atoms with Gasteiger partial charge in [-0.1, -0.05) is 54.6 Å². The predicted molar refractivity (Wildman–Crippen MR) is 87.7 cm³/mol. The number of rotatable bonds is 7. The topological polar surface area (TPSA) is 35.5 Å². The van der Waals surface area contributed by atoms with Crippen LogP contribution in [-0.4, -0.2) is 20.0 Å². The Labute approximate surface area is 131 Å². The summed E-state index contributed by atoms with van der Waals surface area (Å²) in [5, 5.41) is 0. The van der Waals surface area contributed by atoms with Crippen molar-refractivity contribution in [3.05, 3.63) is 76.9 Å². The highest BCUT2D eigenvalue weighted by Crippen LogP contribution is 2.10. The maximum absolute atomic E-state index is 12.1. The minimum Gasteiger partial charge on any atom is -0.380 e. The minimum atomic E-state index is -0.00932. The van der Waals surface area contributed by atoms with Crippen LogP contribution in [0.2, 0.25) is 0 Å². The Morgan fingerprint density at radius 2 is 1.36 bits per heavy atom. The molecule has 0 fully saturated rings. The molecule has 2 aromatic carbocycles. The third-order valence-corrected chi connectivity index (χ3v) is 3.27. The smallest absolute Gasteiger partial charge is 0.185 e. The number of hydrogen-bond acceptors (Lipinski definition) is 3. The molecule has 0 N–H and O–H groups in total. The number of allylic oxidation sites excluding steroid dienone is 1. The number of benzene rings is 2. The van der Waals surface area contributed by atoms with Gasteiger partial charge in [-0.05, 0) is 22.8 Å². The lowest BCUT2D eigenvalue weighted by molar-refractivity contribution is 0.104. The first-order valence-electron chi connectivity index (χ1n) is 7.11. The van der Waals surface area contributed by atoms with Crippen LogP contribution in [0, 0.1) is 0 Å². The fraction of sp³-hybridized carbons (Fsp3) is 0.211. The molecule has 0 saturated carbocycles. The van der Waals surface area contributed by atoms with Gasteiger partial charge in [0.1, 0.15) is 0 Å². The molecule has 22 heavy (non-hydrogen) atoms. The zero-order valence-corrected chi connectivity index (χ0v) is 12.9.